The first-order valence-corrected chi connectivity index (χ1v) is 6.88. The van der Waals surface area contributed by atoms with Crippen molar-refractivity contribution in [3.63, 3.8) is 0 Å². The van der Waals surface area contributed by atoms with Crippen molar-refractivity contribution in [2.75, 3.05) is 0 Å². The van der Waals surface area contributed by atoms with Crippen LogP contribution in [0.5, 0.6) is 0 Å². The zero-order chi connectivity index (χ0) is 13.1. The summed E-state index contributed by atoms with van der Waals surface area (Å²) < 4.78 is 2.28. The van der Waals surface area contributed by atoms with Gasteiger partial charge in [0.25, 0.3) is 0 Å². The van der Waals surface area contributed by atoms with Gasteiger partial charge in [-0.15, -0.1) is 0 Å². The molecule has 0 aliphatic rings. The van der Waals surface area contributed by atoms with Crippen molar-refractivity contribution in [1.29, 1.82) is 0 Å². The van der Waals surface area contributed by atoms with Gasteiger partial charge in [0.15, 0.2) is 0 Å². The lowest BCUT2D eigenvalue weighted by Gasteiger charge is -2.26. The summed E-state index contributed by atoms with van der Waals surface area (Å²) in [5.41, 5.74) is 1.61. The molecule has 0 atom stereocenters. The molecule has 0 amide bonds. The maximum atomic E-state index is 4.62. The van der Waals surface area contributed by atoms with Crippen molar-refractivity contribution in [3.05, 3.63) is 18.2 Å². The molecule has 0 bridgehead atoms. The van der Waals surface area contributed by atoms with Gasteiger partial charge in [0.1, 0.15) is 0 Å². The highest BCUT2D eigenvalue weighted by Gasteiger charge is 2.25. The summed E-state index contributed by atoms with van der Waals surface area (Å²) in [4.78, 5) is 4.62. The molecule has 0 unspecified atom stereocenters. The lowest BCUT2D eigenvalue weighted by molar-refractivity contribution is 0.323. The molecule has 0 saturated carbocycles. The quantitative estimate of drug-likeness (QED) is 0.711. The zero-order valence-corrected chi connectivity index (χ0v) is 12.4. The molecule has 0 radical (unpaired) electrons. The second-order valence-corrected chi connectivity index (χ2v) is 6.36. The maximum Gasteiger partial charge on any atom is 0.0954 e. The third kappa shape index (κ3) is 3.34. The molecular weight excluding hydrogens is 208 g/mol. The fourth-order valence-electron chi connectivity index (χ4n) is 2.50. The van der Waals surface area contributed by atoms with E-state index in [1.165, 1.54) is 31.4 Å². The van der Waals surface area contributed by atoms with Gasteiger partial charge in [-0.3, -0.25) is 0 Å². The van der Waals surface area contributed by atoms with Crippen LogP contribution in [0, 0.1) is 0 Å². The Morgan fingerprint density at radius 2 is 1.65 bits per heavy atom. The van der Waals surface area contributed by atoms with Gasteiger partial charge in [0.05, 0.1) is 12.0 Å². The van der Waals surface area contributed by atoms with E-state index in [0.717, 1.165) is 0 Å². The molecule has 0 aliphatic heterocycles. The Labute approximate surface area is 106 Å². The number of hydrogen-bond acceptors (Lipinski definition) is 1. The normalized spacial score (nSPS) is 13.1. The minimum Gasteiger partial charge on any atom is -0.332 e. The monoisotopic (exact) mass is 236 g/mol. The first-order chi connectivity index (χ1) is 7.83. The maximum absolute atomic E-state index is 4.62. The van der Waals surface area contributed by atoms with E-state index in [0.29, 0.717) is 0 Å². The SMILES string of the molecule is CCCC(C)(C)c1cn(C(C)(C)CCC)cn1. The molecule has 0 aliphatic carbocycles. The van der Waals surface area contributed by atoms with Crippen LogP contribution in [0.1, 0.15) is 72.9 Å². The summed E-state index contributed by atoms with van der Waals surface area (Å²) in [6, 6.07) is 0. The van der Waals surface area contributed by atoms with E-state index < -0.39 is 0 Å². The topological polar surface area (TPSA) is 17.8 Å². The molecule has 1 rings (SSSR count). The lowest BCUT2D eigenvalue weighted by Crippen LogP contribution is -2.25. The molecule has 1 aromatic heterocycles. The van der Waals surface area contributed by atoms with Crippen LogP contribution in [-0.4, -0.2) is 9.55 Å². The van der Waals surface area contributed by atoms with Gasteiger partial charge in [-0.1, -0.05) is 40.5 Å². The zero-order valence-electron chi connectivity index (χ0n) is 12.4. The van der Waals surface area contributed by atoms with Crippen molar-refractivity contribution < 1.29 is 0 Å². The van der Waals surface area contributed by atoms with Crippen molar-refractivity contribution in [3.8, 4) is 0 Å². The van der Waals surface area contributed by atoms with Crippen LogP contribution in [0.25, 0.3) is 0 Å². The second kappa shape index (κ2) is 5.24. The van der Waals surface area contributed by atoms with Crippen LogP contribution >= 0.6 is 0 Å². The second-order valence-electron chi connectivity index (χ2n) is 6.36. The summed E-state index contributed by atoms with van der Waals surface area (Å²) in [7, 11) is 0. The Kier molecular flexibility index (Phi) is 4.40. The molecule has 2 nitrogen and oxygen atoms in total. The van der Waals surface area contributed by atoms with Crippen molar-refractivity contribution in [2.45, 2.75) is 78.2 Å². The molecule has 1 heterocycles. The van der Waals surface area contributed by atoms with Crippen LogP contribution in [0.15, 0.2) is 12.5 Å². The first kappa shape index (κ1) is 14.3. The Bertz CT molecular complexity index is 315. The summed E-state index contributed by atoms with van der Waals surface area (Å²) in [6.07, 6.45) is 9.04. The molecular formula is C15H28N2. The van der Waals surface area contributed by atoms with Crippen molar-refractivity contribution in [1.82, 2.24) is 9.55 Å². The molecule has 0 spiro atoms. The van der Waals surface area contributed by atoms with Crippen LogP contribution in [0.2, 0.25) is 0 Å². The highest BCUT2D eigenvalue weighted by Crippen LogP contribution is 2.29. The fourth-order valence-corrected chi connectivity index (χ4v) is 2.50. The Hall–Kier alpha value is -0.790. The lowest BCUT2D eigenvalue weighted by atomic mass is 9.85. The summed E-state index contributed by atoms with van der Waals surface area (Å²) in [6.45, 7) is 13.6. The average Bonchev–Trinajstić information content (AvgIpc) is 2.67. The predicted molar refractivity (Wildman–Crippen MR) is 74.4 cm³/mol. The van der Waals surface area contributed by atoms with Gasteiger partial charge in [-0.25, -0.2) is 4.98 Å². The fraction of sp³-hybridized carbons (Fsp3) is 0.800. The number of hydrogen-bond donors (Lipinski definition) is 0. The molecule has 2 heteroatoms. The number of nitrogens with zero attached hydrogens (tertiary/aromatic N) is 2. The van der Waals surface area contributed by atoms with Gasteiger partial charge in [0, 0.05) is 17.2 Å². The number of imidazole rings is 1. The molecule has 1 aromatic rings. The smallest absolute Gasteiger partial charge is 0.0954 e. The van der Waals surface area contributed by atoms with E-state index in [2.05, 4.69) is 57.3 Å². The van der Waals surface area contributed by atoms with Gasteiger partial charge in [0.2, 0.25) is 0 Å². The summed E-state index contributed by atoms with van der Waals surface area (Å²) in [5.74, 6) is 0. The van der Waals surface area contributed by atoms with Gasteiger partial charge in [-0.05, 0) is 26.7 Å². The summed E-state index contributed by atoms with van der Waals surface area (Å²) >= 11 is 0. The van der Waals surface area contributed by atoms with Crippen molar-refractivity contribution in [2.24, 2.45) is 0 Å². The number of rotatable bonds is 6. The first-order valence-electron chi connectivity index (χ1n) is 6.88. The third-order valence-electron chi connectivity index (χ3n) is 3.71. The molecule has 0 N–H and O–H groups in total. The Balaban J connectivity index is 2.91. The van der Waals surface area contributed by atoms with Gasteiger partial charge in [-0.2, -0.15) is 0 Å². The molecule has 0 fully saturated rings. The van der Waals surface area contributed by atoms with Crippen LogP contribution in [0.3, 0.4) is 0 Å². The molecule has 0 aromatic carbocycles. The third-order valence-corrected chi connectivity index (χ3v) is 3.71. The van der Waals surface area contributed by atoms with E-state index >= 15 is 0 Å². The predicted octanol–water partition coefficient (Wildman–Crippen LogP) is 4.50. The highest BCUT2D eigenvalue weighted by molar-refractivity contribution is 5.12. The minimum atomic E-state index is 0.183. The largest absolute Gasteiger partial charge is 0.332 e. The van der Waals surface area contributed by atoms with E-state index in [1.54, 1.807) is 0 Å². The standard InChI is InChI=1S/C15H28N2/c1-7-9-14(3,4)13-11-17(12-16-13)15(5,6)10-8-2/h11-12H,7-10H2,1-6H3. The van der Waals surface area contributed by atoms with Gasteiger partial charge < -0.3 is 4.57 Å². The van der Waals surface area contributed by atoms with Crippen LogP contribution < -0.4 is 0 Å². The van der Waals surface area contributed by atoms with E-state index in [-0.39, 0.29) is 11.0 Å². The number of aromatic nitrogens is 2. The molecule has 0 saturated heterocycles. The van der Waals surface area contributed by atoms with E-state index in [1.807, 2.05) is 6.33 Å². The van der Waals surface area contributed by atoms with E-state index in [9.17, 15) is 0 Å². The minimum absolute atomic E-state index is 0.183. The Morgan fingerprint density at radius 3 is 2.18 bits per heavy atom. The summed E-state index contributed by atoms with van der Waals surface area (Å²) in [5, 5.41) is 0. The van der Waals surface area contributed by atoms with E-state index in [4.69, 9.17) is 0 Å². The van der Waals surface area contributed by atoms with Gasteiger partial charge >= 0.3 is 0 Å². The average molecular weight is 236 g/mol. The van der Waals surface area contributed by atoms with Crippen molar-refractivity contribution >= 4 is 0 Å². The molecule has 17 heavy (non-hydrogen) atoms. The van der Waals surface area contributed by atoms with Crippen LogP contribution in [0.4, 0.5) is 0 Å². The molecule has 98 valence electrons. The van der Waals surface area contributed by atoms with Crippen LogP contribution in [-0.2, 0) is 11.0 Å². The Morgan fingerprint density at radius 1 is 1.06 bits per heavy atom. The highest BCUT2D eigenvalue weighted by atomic mass is 15.1.